The van der Waals surface area contributed by atoms with Crippen molar-refractivity contribution in [2.24, 2.45) is 0 Å². The van der Waals surface area contributed by atoms with Crippen LogP contribution in [0.25, 0.3) is 0 Å². The molecule has 114 valence electrons. The number of phenols is 1. The summed E-state index contributed by atoms with van der Waals surface area (Å²) in [5, 5.41) is 12.4. The van der Waals surface area contributed by atoms with Crippen molar-refractivity contribution in [2.45, 2.75) is 0 Å². The van der Waals surface area contributed by atoms with Crippen LogP contribution < -0.4 is 5.32 Å². The Morgan fingerprint density at radius 3 is 2.55 bits per heavy atom. The van der Waals surface area contributed by atoms with Gasteiger partial charge in [-0.2, -0.15) is 0 Å². The monoisotopic (exact) mass is 383 g/mol. The molecule has 0 aromatic heterocycles. The fraction of sp³-hybridized carbons (Fsp3) is 0.0667. The lowest BCUT2D eigenvalue weighted by molar-refractivity contribution is -0.119. The predicted octanol–water partition coefficient (Wildman–Crippen LogP) is 3.60. The van der Waals surface area contributed by atoms with Gasteiger partial charge < -0.3 is 15.2 Å². The van der Waals surface area contributed by atoms with Crippen molar-refractivity contribution in [3.63, 3.8) is 0 Å². The molecule has 0 aliphatic carbocycles. The Kier molecular flexibility index (Phi) is 5.41. The van der Waals surface area contributed by atoms with Gasteiger partial charge in [0.25, 0.3) is 5.91 Å². The molecule has 0 saturated heterocycles. The molecule has 0 bridgehead atoms. The lowest BCUT2D eigenvalue weighted by Gasteiger charge is -2.08. The van der Waals surface area contributed by atoms with Crippen LogP contribution >= 0.6 is 27.5 Å². The largest absolute Gasteiger partial charge is 0.507 e. The summed E-state index contributed by atoms with van der Waals surface area (Å²) in [6.45, 7) is -0.471. The van der Waals surface area contributed by atoms with Crippen molar-refractivity contribution >= 4 is 45.1 Å². The molecule has 2 aromatic carbocycles. The van der Waals surface area contributed by atoms with Gasteiger partial charge in [-0.1, -0.05) is 27.5 Å². The average Bonchev–Trinajstić information content (AvgIpc) is 2.49. The van der Waals surface area contributed by atoms with Crippen molar-refractivity contribution in [2.75, 3.05) is 11.9 Å². The summed E-state index contributed by atoms with van der Waals surface area (Å²) in [5.74, 6) is -1.58. The van der Waals surface area contributed by atoms with E-state index >= 15 is 0 Å². The predicted molar refractivity (Wildman–Crippen MR) is 86.2 cm³/mol. The van der Waals surface area contributed by atoms with Crippen molar-refractivity contribution in [1.29, 1.82) is 0 Å². The third-order valence-electron chi connectivity index (χ3n) is 2.64. The number of benzene rings is 2. The van der Waals surface area contributed by atoms with Gasteiger partial charge in [0.15, 0.2) is 6.61 Å². The maximum Gasteiger partial charge on any atom is 0.342 e. The van der Waals surface area contributed by atoms with Crippen LogP contribution in [0.15, 0.2) is 46.9 Å². The van der Waals surface area contributed by atoms with Gasteiger partial charge in [0.05, 0.1) is 0 Å². The number of carbonyl (C=O) groups is 2. The summed E-state index contributed by atoms with van der Waals surface area (Å²) in [7, 11) is 0. The second-order valence-electron chi connectivity index (χ2n) is 4.29. The Balaban J connectivity index is 1.91. The van der Waals surface area contributed by atoms with Crippen LogP contribution in [0.3, 0.4) is 0 Å². The summed E-state index contributed by atoms with van der Waals surface area (Å²) in [6, 6.07) is 10.9. The molecule has 0 spiro atoms. The quantitative estimate of drug-likeness (QED) is 0.790. The van der Waals surface area contributed by atoms with Crippen LogP contribution in [0, 0.1) is 0 Å². The molecule has 0 heterocycles. The van der Waals surface area contributed by atoms with E-state index in [2.05, 4.69) is 21.2 Å². The van der Waals surface area contributed by atoms with Crippen molar-refractivity contribution in [3.05, 3.63) is 57.5 Å². The fourth-order valence-electron chi connectivity index (χ4n) is 1.61. The van der Waals surface area contributed by atoms with Crippen LogP contribution in [0.4, 0.5) is 5.69 Å². The van der Waals surface area contributed by atoms with E-state index in [1.54, 1.807) is 24.3 Å². The highest BCUT2D eigenvalue weighted by Gasteiger charge is 2.15. The molecule has 0 fully saturated rings. The Bertz CT molecular complexity index is 703. The van der Waals surface area contributed by atoms with Crippen LogP contribution in [-0.2, 0) is 9.53 Å². The van der Waals surface area contributed by atoms with Gasteiger partial charge in [-0.25, -0.2) is 4.79 Å². The van der Waals surface area contributed by atoms with Crippen LogP contribution in [0.5, 0.6) is 5.75 Å². The molecule has 5 nitrogen and oxygen atoms in total. The Morgan fingerprint density at radius 2 is 1.86 bits per heavy atom. The highest BCUT2D eigenvalue weighted by Crippen LogP contribution is 2.22. The summed E-state index contributed by atoms with van der Waals surface area (Å²) in [6.07, 6.45) is 0. The number of esters is 1. The van der Waals surface area contributed by atoms with Crippen LogP contribution in [-0.4, -0.2) is 23.6 Å². The zero-order chi connectivity index (χ0) is 16.1. The average molecular weight is 385 g/mol. The zero-order valence-corrected chi connectivity index (χ0v) is 13.5. The molecule has 0 atom stereocenters. The maximum atomic E-state index is 11.8. The third-order valence-corrected chi connectivity index (χ3v) is 3.40. The molecule has 7 heteroatoms. The number of nitrogens with one attached hydrogen (secondary N) is 1. The van der Waals surface area contributed by atoms with Gasteiger partial charge >= 0.3 is 5.97 Å². The second kappa shape index (κ2) is 7.29. The minimum atomic E-state index is -0.828. The van der Waals surface area contributed by atoms with E-state index in [1.807, 2.05) is 0 Å². The number of aromatic hydroxyl groups is 1. The smallest absolute Gasteiger partial charge is 0.342 e. The second-order valence-corrected chi connectivity index (χ2v) is 5.64. The summed E-state index contributed by atoms with van der Waals surface area (Å²) in [4.78, 5) is 23.5. The first-order chi connectivity index (χ1) is 10.5. The minimum absolute atomic E-state index is 0.0936. The standard InChI is InChI=1S/C15H11BrClNO4/c16-9-1-4-11(5-2-9)18-14(20)8-22-15(21)12-7-10(17)3-6-13(12)19/h1-7,19H,8H2,(H,18,20). The van der Waals surface area contributed by atoms with Gasteiger partial charge in [0.2, 0.25) is 0 Å². The molecule has 22 heavy (non-hydrogen) atoms. The highest BCUT2D eigenvalue weighted by molar-refractivity contribution is 9.10. The number of carbonyl (C=O) groups excluding carboxylic acids is 2. The summed E-state index contributed by atoms with van der Waals surface area (Å²) < 4.78 is 5.73. The van der Waals surface area contributed by atoms with E-state index < -0.39 is 18.5 Å². The van der Waals surface area contributed by atoms with Gasteiger partial charge in [0.1, 0.15) is 11.3 Å². The topological polar surface area (TPSA) is 75.6 Å². The first-order valence-electron chi connectivity index (χ1n) is 6.17. The lowest BCUT2D eigenvalue weighted by Crippen LogP contribution is -2.20. The molecule has 2 rings (SSSR count). The number of halogens is 2. The molecular weight excluding hydrogens is 374 g/mol. The number of anilines is 1. The maximum absolute atomic E-state index is 11.8. The highest BCUT2D eigenvalue weighted by atomic mass is 79.9. The molecule has 0 radical (unpaired) electrons. The van der Waals surface area contributed by atoms with Crippen molar-refractivity contribution in [3.8, 4) is 5.75 Å². The van der Waals surface area contributed by atoms with E-state index in [-0.39, 0.29) is 16.3 Å². The summed E-state index contributed by atoms with van der Waals surface area (Å²) in [5.41, 5.74) is 0.485. The van der Waals surface area contributed by atoms with Gasteiger partial charge in [0, 0.05) is 15.2 Å². The Labute approximate surface area is 140 Å². The molecular formula is C15H11BrClNO4. The normalized spacial score (nSPS) is 10.1. The van der Waals surface area contributed by atoms with Gasteiger partial charge in [-0.05, 0) is 42.5 Å². The summed E-state index contributed by atoms with van der Waals surface area (Å²) >= 11 is 9.03. The molecule has 0 aliphatic rings. The van der Waals surface area contributed by atoms with Gasteiger partial charge in [-0.3, -0.25) is 4.79 Å². The number of rotatable bonds is 4. The molecule has 1 amide bonds. The van der Waals surface area contributed by atoms with Gasteiger partial charge in [-0.15, -0.1) is 0 Å². The number of hydrogen-bond acceptors (Lipinski definition) is 4. The first kappa shape index (κ1) is 16.3. The van der Waals surface area contributed by atoms with Crippen molar-refractivity contribution < 1.29 is 19.4 Å². The number of amides is 1. The molecule has 0 unspecified atom stereocenters. The minimum Gasteiger partial charge on any atom is -0.507 e. The molecule has 0 saturated carbocycles. The van der Waals surface area contributed by atoms with E-state index in [0.29, 0.717) is 5.69 Å². The lowest BCUT2D eigenvalue weighted by atomic mass is 10.2. The fourth-order valence-corrected chi connectivity index (χ4v) is 2.05. The number of hydrogen-bond donors (Lipinski definition) is 2. The number of ether oxygens (including phenoxy) is 1. The van der Waals surface area contributed by atoms with Crippen LogP contribution in [0.1, 0.15) is 10.4 Å². The van der Waals surface area contributed by atoms with E-state index in [0.717, 1.165) is 4.47 Å². The molecule has 2 aromatic rings. The Morgan fingerprint density at radius 1 is 1.18 bits per heavy atom. The third kappa shape index (κ3) is 4.47. The SMILES string of the molecule is O=C(COC(=O)c1cc(Cl)ccc1O)Nc1ccc(Br)cc1. The van der Waals surface area contributed by atoms with E-state index in [9.17, 15) is 14.7 Å². The zero-order valence-electron chi connectivity index (χ0n) is 11.2. The van der Waals surface area contributed by atoms with Crippen LogP contribution in [0.2, 0.25) is 5.02 Å². The van der Waals surface area contributed by atoms with E-state index in [1.165, 1.54) is 18.2 Å². The number of phenolic OH excluding ortho intramolecular Hbond substituents is 1. The first-order valence-corrected chi connectivity index (χ1v) is 7.34. The van der Waals surface area contributed by atoms with Crippen molar-refractivity contribution in [1.82, 2.24) is 0 Å². The molecule has 0 aliphatic heterocycles. The Hall–Kier alpha value is -2.05. The van der Waals surface area contributed by atoms with E-state index in [4.69, 9.17) is 16.3 Å². The molecule has 2 N–H and O–H groups in total.